The minimum Gasteiger partial charge on any atom is -0.289 e. The van der Waals surface area contributed by atoms with Crippen molar-refractivity contribution in [3.63, 3.8) is 0 Å². The minimum atomic E-state index is 0.808. The number of benzene rings is 2. The van der Waals surface area contributed by atoms with E-state index in [0.29, 0.717) is 0 Å². The lowest BCUT2D eigenvalue weighted by molar-refractivity contribution is 0.279. The molecule has 0 saturated heterocycles. The molecule has 0 saturated carbocycles. The first-order chi connectivity index (χ1) is 6.66. The van der Waals surface area contributed by atoms with Gasteiger partial charge in [0.05, 0.1) is 5.69 Å². The fourth-order valence-corrected chi connectivity index (χ4v) is 1.55. The van der Waals surface area contributed by atoms with Crippen molar-refractivity contribution >= 4 is 16.5 Å². The Balaban J connectivity index is 2.63. The first kappa shape index (κ1) is 9.03. The van der Waals surface area contributed by atoms with Gasteiger partial charge in [0, 0.05) is 7.05 Å². The zero-order chi connectivity index (χ0) is 10.1. The molecule has 0 spiro atoms. The van der Waals surface area contributed by atoms with Crippen LogP contribution in [0.15, 0.2) is 36.4 Å². The quantitative estimate of drug-likeness (QED) is 0.694. The molecule has 2 aromatic rings. The predicted molar refractivity (Wildman–Crippen MR) is 58.9 cm³/mol. The summed E-state index contributed by atoms with van der Waals surface area (Å²) < 4.78 is 0. The van der Waals surface area contributed by atoms with Crippen LogP contribution in [0.25, 0.3) is 10.8 Å². The Morgan fingerprint density at radius 3 is 2.43 bits per heavy atom. The third kappa shape index (κ3) is 1.56. The minimum absolute atomic E-state index is 0.808. The number of hydroxylamine groups is 1. The van der Waals surface area contributed by atoms with Gasteiger partial charge < -0.3 is 0 Å². The fourth-order valence-electron chi connectivity index (χ4n) is 1.55. The molecular formula is C12H13NO. The second kappa shape index (κ2) is 3.31. The maximum absolute atomic E-state index is 9.29. The Morgan fingerprint density at radius 2 is 1.71 bits per heavy atom. The number of rotatable bonds is 1. The average molecular weight is 187 g/mol. The Hall–Kier alpha value is -1.54. The van der Waals surface area contributed by atoms with Gasteiger partial charge in [-0.15, -0.1) is 0 Å². The van der Waals surface area contributed by atoms with Crippen LogP contribution in [0.2, 0.25) is 0 Å². The number of anilines is 1. The monoisotopic (exact) mass is 187 g/mol. The van der Waals surface area contributed by atoms with Crippen LogP contribution in [0.4, 0.5) is 5.69 Å². The molecule has 0 aromatic heterocycles. The van der Waals surface area contributed by atoms with Gasteiger partial charge in [-0.2, -0.15) is 0 Å². The molecule has 0 heterocycles. The second-order valence-electron chi connectivity index (χ2n) is 3.56. The van der Waals surface area contributed by atoms with Gasteiger partial charge in [0.1, 0.15) is 0 Å². The van der Waals surface area contributed by atoms with Gasteiger partial charge in [0.2, 0.25) is 0 Å². The maximum atomic E-state index is 9.29. The van der Waals surface area contributed by atoms with Gasteiger partial charge in [-0.1, -0.05) is 29.8 Å². The molecule has 0 unspecified atom stereocenters. The molecule has 2 nitrogen and oxygen atoms in total. The standard InChI is InChI=1S/C12H13NO/c1-9-3-4-10-5-6-12(13(2)14)8-11(10)7-9/h3-8,14H,1-2H3. The van der Waals surface area contributed by atoms with Crippen molar-refractivity contribution in [2.45, 2.75) is 6.92 Å². The SMILES string of the molecule is Cc1ccc2ccc(N(C)O)cc2c1. The lowest BCUT2D eigenvalue weighted by Gasteiger charge is -2.11. The summed E-state index contributed by atoms with van der Waals surface area (Å²) in [6.07, 6.45) is 0. The van der Waals surface area contributed by atoms with Crippen LogP contribution in [0, 0.1) is 6.92 Å². The summed E-state index contributed by atoms with van der Waals surface area (Å²) in [5.74, 6) is 0. The molecule has 2 rings (SSSR count). The summed E-state index contributed by atoms with van der Waals surface area (Å²) >= 11 is 0. The molecule has 0 amide bonds. The van der Waals surface area contributed by atoms with Gasteiger partial charge >= 0.3 is 0 Å². The summed E-state index contributed by atoms with van der Waals surface area (Å²) in [4.78, 5) is 0. The largest absolute Gasteiger partial charge is 0.289 e. The summed E-state index contributed by atoms with van der Waals surface area (Å²) in [6, 6.07) is 12.2. The van der Waals surface area contributed by atoms with Crippen molar-refractivity contribution < 1.29 is 5.21 Å². The van der Waals surface area contributed by atoms with Crippen molar-refractivity contribution in [2.24, 2.45) is 0 Å². The molecule has 0 atom stereocenters. The number of hydrogen-bond acceptors (Lipinski definition) is 2. The van der Waals surface area contributed by atoms with Gasteiger partial charge in [-0.3, -0.25) is 10.3 Å². The summed E-state index contributed by atoms with van der Waals surface area (Å²) in [5, 5.41) is 12.8. The van der Waals surface area contributed by atoms with E-state index in [1.165, 1.54) is 10.9 Å². The topological polar surface area (TPSA) is 23.5 Å². The molecule has 2 aromatic carbocycles. The van der Waals surface area contributed by atoms with Crippen LogP contribution >= 0.6 is 0 Å². The van der Waals surface area contributed by atoms with E-state index in [9.17, 15) is 5.21 Å². The lowest BCUT2D eigenvalue weighted by atomic mass is 10.1. The molecule has 0 radical (unpaired) electrons. The summed E-state index contributed by atoms with van der Waals surface area (Å²) in [5.41, 5.74) is 2.04. The van der Waals surface area contributed by atoms with Crippen LogP contribution < -0.4 is 5.06 Å². The van der Waals surface area contributed by atoms with Gasteiger partial charge in [-0.25, -0.2) is 0 Å². The lowest BCUT2D eigenvalue weighted by Crippen LogP contribution is -2.09. The van der Waals surface area contributed by atoms with Crippen LogP contribution in [-0.4, -0.2) is 12.3 Å². The van der Waals surface area contributed by atoms with E-state index >= 15 is 0 Å². The molecule has 14 heavy (non-hydrogen) atoms. The molecule has 0 aliphatic heterocycles. The summed E-state index contributed by atoms with van der Waals surface area (Å²) in [7, 11) is 1.62. The van der Waals surface area contributed by atoms with E-state index in [0.717, 1.165) is 16.1 Å². The van der Waals surface area contributed by atoms with E-state index < -0.39 is 0 Å². The van der Waals surface area contributed by atoms with Crippen molar-refractivity contribution in [3.8, 4) is 0 Å². The summed E-state index contributed by atoms with van der Waals surface area (Å²) in [6.45, 7) is 2.06. The van der Waals surface area contributed by atoms with Crippen molar-refractivity contribution in [3.05, 3.63) is 42.0 Å². The Labute approximate surface area is 83.4 Å². The normalized spacial score (nSPS) is 10.5. The molecule has 0 bridgehead atoms. The van der Waals surface area contributed by atoms with Crippen molar-refractivity contribution in [1.29, 1.82) is 0 Å². The molecule has 0 aliphatic rings. The van der Waals surface area contributed by atoms with E-state index in [2.05, 4.69) is 25.1 Å². The molecule has 0 fully saturated rings. The molecule has 1 N–H and O–H groups in total. The number of aryl methyl sites for hydroxylation is 1. The first-order valence-electron chi connectivity index (χ1n) is 4.60. The molecule has 72 valence electrons. The zero-order valence-electron chi connectivity index (χ0n) is 8.36. The predicted octanol–water partition coefficient (Wildman–Crippen LogP) is 2.97. The molecule has 2 heteroatoms. The molecule has 0 aliphatic carbocycles. The number of fused-ring (bicyclic) bond motifs is 1. The second-order valence-corrected chi connectivity index (χ2v) is 3.56. The highest BCUT2D eigenvalue weighted by atomic mass is 16.5. The van der Waals surface area contributed by atoms with E-state index in [1.807, 2.05) is 18.2 Å². The molecular weight excluding hydrogens is 174 g/mol. The zero-order valence-corrected chi connectivity index (χ0v) is 8.36. The average Bonchev–Trinajstić information content (AvgIpc) is 2.16. The van der Waals surface area contributed by atoms with E-state index in [4.69, 9.17) is 0 Å². The van der Waals surface area contributed by atoms with Gasteiger partial charge in [0.25, 0.3) is 0 Å². The Morgan fingerprint density at radius 1 is 1.00 bits per heavy atom. The highest BCUT2D eigenvalue weighted by Gasteiger charge is 1.98. The van der Waals surface area contributed by atoms with Crippen LogP contribution in [0.1, 0.15) is 5.56 Å². The van der Waals surface area contributed by atoms with E-state index in [-0.39, 0.29) is 0 Å². The maximum Gasteiger partial charge on any atom is 0.0637 e. The van der Waals surface area contributed by atoms with E-state index in [1.54, 1.807) is 7.05 Å². The highest BCUT2D eigenvalue weighted by Crippen LogP contribution is 2.21. The Bertz CT molecular complexity index is 463. The third-order valence-electron chi connectivity index (χ3n) is 2.35. The first-order valence-corrected chi connectivity index (χ1v) is 4.60. The van der Waals surface area contributed by atoms with Crippen molar-refractivity contribution in [2.75, 3.05) is 12.1 Å². The van der Waals surface area contributed by atoms with Crippen molar-refractivity contribution in [1.82, 2.24) is 0 Å². The number of nitrogens with zero attached hydrogens (tertiary/aromatic N) is 1. The van der Waals surface area contributed by atoms with Crippen LogP contribution in [0.5, 0.6) is 0 Å². The Kier molecular flexibility index (Phi) is 2.14. The highest BCUT2D eigenvalue weighted by molar-refractivity contribution is 5.86. The smallest absolute Gasteiger partial charge is 0.0637 e. The van der Waals surface area contributed by atoms with Gasteiger partial charge in [-0.05, 0) is 29.8 Å². The van der Waals surface area contributed by atoms with Crippen LogP contribution in [-0.2, 0) is 0 Å². The van der Waals surface area contributed by atoms with Crippen LogP contribution in [0.3, 0.4) is 0 Å². The third-order valence-corrected chi connectivity index (χ3v) is 2.35. The number of hydrogen-bond donors (Lipinski definition) is 1. The fraction of sp³-hybridized carbons (Fsp3) is 0.167. The van der Waals surface area contributed by atoms with Gasteiger partial charge in [0.15, 0.2) is 0 Å².